The number of hydrogen-bond donors (Lipinski definition) is 1. The molecule has 1 N–H and O–H groups in total. The summed E-state index contributed by atoms with van der Waals surface area (Å²) in [6.07, 6.45) is 1.92. The third kappa shape index (κ3) is 2.93. The van der Waals surface area contributed by atoms with Crippen LogP contribution in [0.15, 0.2) is 24.4 Å². The van der Waals surface area contributed by atoms with Crippen molar-refractivity contribution >= 4 is 11.6 Å². The molecule has 0 spiro atoms. The summed E-state index contributed by atoms with van der Waals surface area (Å²) >= 11 is 0. The summed E-state index contributed by atoms with van der Waals surface area (Å²) in [5.41, 5.74) is 2.24. The average Bonchev–Trinajstić information content (AvgIpc) is 2.80. The highest BCUT2D eigenvalue weighted by Gasteiger charge is 2.16. The number of nitrogens with zero attached hydrogens (tertiary/aromatic N) is 3. The van der Waals surface area contributed by atoms with Crippen molar-refractivity contribution in [1.29, 1.82) is 0 Å². The van der Waals surface area contributed by atoms with Crippen LogP contribution in [0.4, 0.5) is 0 Å². The molecule has 2 aromatic heterocycles. The number of rotatable bonds is 4. The second-order valence-electron chi connectivity index (χ2n) is 4.89. The maximum absolute atomic E-state index is 12.2. The van der Waals surface area contributed by atoms with Crippen LogP contribution in [0, 0.1) is 6.92 Å². The second kappa shape index (κ2) is 5.40. The van der Waals surface area contributed by atoms with Crippen LogP contribution in [0.3, 0.4) is 0 Å². The van der Waals surface area contributed by atoms with Gasteiger partial charge in [0.25, 0.3) is 5.91 Å². The predicted octanol–water partition coefficient (Wildman–Crippen LogP) is 1.49. The van der Waals surface area contributed by atoms with Crippen molar-refractivity contribution in [1.82, 2.24) is 14.3 Å². The number of imidazole rings is 1. The van der Waals surface area contributed by atoms with Crippen LogP contribution >= 0.6 is 0 Å². The third-order valence-electron chi connectivity index (χ3n) is 3.14. The van der Waals surface area contributed by atoms with Gasteiger partial charge in [0, 0.05) is 25.5 Å². The molecule has 0 bridgehead atoms. The first-order valence-corrected chi connectivity index (χ1v) is 6.37. The van der Waals surface area contributed by atoms with Crippen molar-refractivity contribution in [3.63, 3.8) is 0 Å². The zero-order chi connectivity index (χ0) is 14.0. The number of aromatic nitrogens is 2. The number of carbonyl (C=O) groups is 1. The molecule has 1 unspecified atom stereocenters. The zero-order valence-electron chi connectivity index (χ0n) is 11.5. The standard InChI is InChI=1S/C14H19N3O2/c1-10-5-4-6-13-15-12(9-17(10)13)14(19)16(3)8-7-11(2)18/h4-6,9,11,18H,7-8H2,1-3H3. The molecule has 0 aromatic carbocycles. The van der Waals surface area contributed by atoms with E-state index in [0.717, 1.165) is 11.3 Å². The molecule has 2 rings (SSSR count). The maximum Gasteiger partial charge on any atom is 0.273 e. The van der Waals surface area contributed by atoms with Gasteiger partial charge in [-0.2, -0.15) is 0 Å². The van der Waals surface area contributed by atoms with Gasteiger partial charge in [0.15, 0.2) is 0 Å². The number of carbonyl (C=O) groups excluding carboxylic acids is 1. The molecule has 2 heterocycles. The summed E-state index contributed by atoms with van der Waals surface area (Å²) in [5, 5.41) is 9.25. The molecule has 0 saturated carbocycles. The van der Waals surface area contributed by atoms with Crippen LogP contribution in [-0.2, 0) is 0 Å². The Morgan fingerprint density at radius 2 is 2.26 bits per heavy atom. The molecular formula is C14H19N3O2. The highest BCUT2D eigenvalue weighted by molar-refractivity contribution is 5.92. The van der Waals surface area contributed by atoms with Gasteiger partial charge in [-0.25, -0.2) is 4.98 Å². The molecule has 5 heteroatoms. The lowest BCUT2D eigenvalue weighted by Crippen LogP contribution is -2.29. The SMILES string of the molecule is Cc1cccc2nc(C(=O)N(C)CCC(C)O)cn12. The van der Waals surface area contributed by atoms with Gasteiger partial charge in [-0.15, -0.1) is 0 Å². The topological polar surface area (TPSA) is 57.8 Å². The fraction of sp³-hybridized carbons (Fsp3) is 0.429. The van der Waals surface area contributed by atoms with Crippen LogP contribution < -0.4 is 0 Å². The minimum Gasteiger partial charge on any atom is -0.393 e. The van der Waals surface area contributed by atoms with Crippen molar-refractivity contribution in [3.05, 3.63) is 35.8 Å². The predicted molar refractivity (Wildman–Crippen MR) is 73.2 cm³/mol. The molecular weight excluding hydrogens is 242 g/mol. The fourth-order valence-electron chi connectivity index (χ4n) is 1.93. The van der Waals surface area contributed by atoms with Gasteiger partial charge in [-0.1, -0.05) is 6.07 Å². The number of hydrogen-bond acceptors (Lipinski definition) is 3. The lowest BCUT2D eigenvalue weighted by atomic mass is 10.2. The molecule has 0 radical (unpaired) electrons. The van der Waals surface area contributed by atoms with Gasteiger partial charge in [0.05, 0.1) is 6.10 Å². The van der Waals surface area contributed by atoms with Crippen LogP contribution in [-0.4, -0.2) is 45.0 Å². The van der Waals surface area contributed by atoms with E-state index < -0.39 is 6.10 Å². The molecule has 102 valence electrons. The van der Waals surface area contributed by atoms with E-state index in [1.54, 1.807) is 25.1 Å². The van der Waals surface area contributed by atoms with Crippen LogP contribution in [0.5, 0.6) is 0 Å². The van der Waals surface area contributed by atoms with Gasteiger partial charge in [-0.3, -0.25) is 4.79 Å². The van der Waals surface area contributed by atoms with Crippen molar-refractivity contribution in [2.45, 2.75) is 26.4 Å². The Morgan fingerprint density at radius 3 is 2.89 bits per heavy atom. The largest absolute Gasteiger partial charge is 0.393 e. The summed E-state index contributed by atoms with van der Waals surface area (Å²) in [4.78, 5) is 18.1. The van der Waals surface area contributed by atoms with E-state index in [0.29, 0.717) is 18.7 Å². The lowest BCUT2D eigenvalue weighted by Gasteiger charge is -2.16. The highest BCUT2D eigenvalue weighted by atomic mass is 16.3. The van der Waals surface area contributed by atoms with Crippen LogP contribution in [0.25, 0.3) is 5.65 Å². The summed E-state index contributed by atoms with van der Waals surface area (Å²) < 4.78 is 1.90. The van der Waals surface area contributed by atoms with Gasteiger partial charge in [0.2, 0.25) is 0 Å². The number of aliphatic hydroxyl groups excluding tert-OH is 1. The van der Waals surface area contributed by atoms with E-state index in [-0.39, 0.29) is 5.91 Å². The first-order valence-electron chi connectivity index (χ1n) is 6.37. The van der Waals surface area contributed by atoms with Gasteiger partial charge in [0.1, 0.15) is 11.3 Å². The van der Waals surface area contributed by atoms with E-state index in [2.05, 4.69) is 4.98 Å². The highest BCUT2D eigenvalue weighted by Crippen LogP contribution is 2.10. The number of pyridine rings is 1. The molecule has 19 heavy (non-hydrogen) atoms. The summed E-state index contributed by atoms with van der Waals surface area (Å²) in [7, 11) is 1.72. The molecule has 0 fully saturated rings. The molecule has 2 aromatic rings. The quantitative estimate of drug-likeness (QED) is 0.907. The van der Waals surface area contributed by atoms with E-state index in [4.69, 9.17) is 0 Å². The Kier molecular flexibility index (Phi) is 3.85. The summed E-state index contributed by atoms with van der Waals surface area (Å²) in [6.45, 7) is 4.20. The Morgan fingerprint density at radius 1 is 1.53 bits per heavy atom. The van der Waals surface area contributed by atoms with E-state index in [1.165, 1.54) is 0 Å². The number of fused-ring (bicyclic) bond motifs is 1. The van der Waals surface area contributed by atoms with Crippen molar-refractivity contribution in [2.24, 2.45) is 0 Å². The molecule has 1 amide bonds. The van der Waals surface area contributed by atoms with E-state index >= 15 is 0 Å². The van der Waals surface area contributed by atoms with Gasteiger partial charge >= 0.3 is 0 Å². The Bertz CT molecular complexity index is 589. The molecule has 0 aliphatic heterocycles. The van der Waals surface area contributed by atoms with E-state index in [1.807, 2.05) is 29.5 Å². The summed E-state index contributed by atoms with van der Waals surface area (Å²) in [6, 6.07) is 5.77. The van der Waals surface area contributed by atoms with Crippen LogP contribution in [0.2, 0.25) is 0 Å². The third-order valence-corrected chi connectivity index (χ3v) is 3.14. The first-order chi connectivity index (χ1) is 8.99. The number of amides is 1. The van der Waals surface area contributed by atoms with Crippen molar-refractivity contribution in [2.75, 3.05) is 13.6 Å². The molecule has 0 saturated heterocycles. The minimum atomic E-state index is -0.404. The van der Waals surface area contributed by atoms with Gasteiger partial charge < -0.3 is 14.4 Å². The Hall–Kier alpha value is -1.88. The van der Waals surface area contributed by atoms with Gasteiger partial charge in [-0.05, 0) is 32.4 Å². The fourth-order valence-corrected chi connectivity index (χ4v) is 1.93. The Balaban J connectivity index is 2.19. The minimum absolute atomic E-state index is 0.122. The first kappa shape index (κ1) is 13.5. The normalized spacial score (nSPS) is 12.6. The second-order valence-corrected chi connectivity index (χ2v) is 4.89. The number of aryl methyl sites for hydroxylation is 1. The molecule has 5 nitrogen and oxygen atoms in total. The number of aliphatic hydroxyl groups is 1. The maximum atomic E-state index is 12.2. The average molecular weight is 261 g/mol. The molecule has 1 atom stereocenters. The summed E-state index contributed by atoms with van der Waals surface area (Å²) in [5.74, 6) is -0.122. The van der Waals surface area contributed by atoms with E-state index in [9.17, 15) is 9.90 Å². The smallest absolute Gasteiger partial charge is 0.273 e. The van der Waals surface area contributed by atoms with Crippen LogP contribution in [0.1, 0.15) is 29.5 Å². The molecule has 0 aliphatic rings. The lowest BCUT2D eigenvalue weighted by molar-refractivity contribution is 0.0764. The zero-order valence-corrected chi connectivity index (χ0v) is 11.5. The van der Waals surface area contributed by atoms with Crippen molar-refractivity contribution in [3.8, 4) is 0 Å². The molecule has 0 aliphatic carbocycles. The Labute approximate surface area is 112 Å². The van der Waals surface area contributed by atoms with Crippen molar-refractivity contribution < 1.29 is 9.90 Å². The monoisotopic (exact) mass is 261 g/mol.